The van der Waals surface area contributed by atoms with E-state index in [2.05, 4.69) is 10.1 Å². The van der Waals surface area contributed by atoms with Gasteiger partial charge in [0.05, 0.1) is 10.9 Å². The Bertz CT molecular complexity index is 593. The van der Waals surface area contributed by atoms with Crippen LogP contribution in [0.1, 0.15) is 32.6 Å². The van der Waals surface area contributed by atoms with Crippen molar-refractivity contribution in [1.29, 1.82) is 0 Å². The molecule has 0 aliphatic carbocycles. The average molecular weight is 279 g/mol. The highest BCUT2D eigenvalue weighted by molar-refractivity contribution is 6.33. The lowest BCUT2D eigenvalue weighted by atomic mass is 9.92. The van der Waals surface area contributed by atoms with Gasteiger partial charge in [-0.3, -0.25) is 4.79 Å². The van der Waals surface area contributed by atoms with Gasteiger partial charge in [0.15, 0.2) is 0 Å². The van der Waals surface area contributed by atoms with Crippen LogP contribution < -0.4 is 0 Å². The van der Waals surface area contributed by atoms with Gasteiger partial charge in [0.1, 0.15) is 5.78 Å². The van der Waals surface area contributed by atoms with Crippen LogP contribution in [0.25, 0.3) is 11.4 Å². The third-order valence-electron chi connectivity index (χ3n) is 2.93. The Kier molecular flexibility index (Phi) is 4.00. The van der Waals surface area contributed by atoms with Gasteiger partial charge in [-0.2, -0.15) is 4.98 Å². The van der Waals surface area contributed by atoms with Gasteiger partial charge in [0.2, 0.25) is 11.7 Å². The highest BCUT2D eigenvalue weighted by atomic mass is 35.5. The van der Waals surface area contributed by atoms with Crippen LogP contribution in [0.2, 0.25) is 5.02 Å². The standard InChI is InChI=1S/C14H15ClN2O2/c1-8(2)12(9(3)18)14-16-13(17-19-14)10-6-4-5-7-11(10)15/h4-8,12H,1-3H3. The van der Waals surface area contributed by atoms with Crippen molar-refractivity contribution in [3.8, 4) is 11.4 Å². The topological polar surface area (TPSA) is 56.0 Å². The summed E-state index contributed by atoms with van der Waals surface area (Å²) in [6.07, 6.45) is 0. The van der Waals surface area contributed by atoms with E-state index < -0.39 is 0 Å². The van der Waals surface area contributed by atoms with Crippen LogP contribution >= 0.6 is 11.6 Å². The van der Waals surface area contributed by atoms with Crippen molar-refractivity contribution in [3.05, 3.63) is 35.2 Å². The van der Waals surface area contributed by atoms with Crippen LogP contribution in [0.15, 0.2) is 28.8 Å². The van der Waals surface area contributed by atoms with E-state index in [0.29, 0.717) is 22.3 Å². The van der Waals surface area contributed by atoms with Gasteiger partial charge in [0.25, 0.3) is 0 Å². The Morgan fingerprint density at radius 2 is 2.00 bits per heavy atom. The minimum Gasteiger partial charge on any atom is -0.338 e. The fraction of sp³-hybridized carbons (Fsp3) is 0.357. The molecule has 0 spiro atoms. The first kappa shape index (κ1) is 13.7. The zero-order chi connectivity index (χ0) is 14.0. The molecule has 19 heavy (non-hydrogen) atoms. The summed E-state index contributed by atoms with van der Waals surface area (Å²) >= 11 is 6.08. The van der Waals surface area contributed by atoms with Crippen molar-refractivity contribution >= 4 is 17.4 Å². The Hall–Kier alpha value is -1.68. The number of nitrogens with zero attached hydrogens (tertiary/aromatic N) is 2. The van der Waals surface area contributed by atoms with Crippen LogP contribution in [0.4, 0.5) is 0 Å². The zero-order valence-corrected chi connectivity index (χ0v) is 11.8. The SMILES string of the molecule is CC(=O)C(c1nc(-c2ccccc2Cl)no1)C(C)C. The van der Waals surface area contributed by atoms with Crippen molar-refractivity contribution in [2.45, 2.75) is 26.7 Å². The zero-order valence-electron chi connectivity index (χ0n) is 11.1. The van der Waals surface area contributed by atoms with Crippen LogP contribution in [-0.2, 0) is 4.79 Å². The molecular weight excluding hydrogens is 264 g/mol. The van der Waals surface area contributed by atoms with Crippen molar-refractivity contribution in [2.24, 2.45) is 5.92 Å². The fourth-order valence-corrected chi connectivity index (χ4v) is 2.26. The molecule has 2 aromatic rings. The Morgan fingerprint density at radius 1 is 1.32 bits per heavy atom. The lowest BCUT2D eigenvalue weighted by Crippen LogP contribution is -2.15. The number of benzene rings is 1. The Balaban J connectivity index is 2.39. The lowest BCUT2D eigenvalue weighted by molar-refractivity contribution is -0.119. The van der Waals surface area contributed by atoms with Crippen LogP contribution in [0.3, 0.4) is 0 Å². The monoisotopic (exact) mass is 278 g/mol. The molecule has 0 aliphatic heterocycles. The molecule has 0 saturated heterocycles. The molecule has 1 heterocycles. The number of ketones is 1. The molecule has 0 fully saturated rings. The van der Waals surface area contributed by atoms with Gasteiger partial charge < -0.3 is 4.52 Å². The second-order valence-corrected chi connectivity index (χ2v) is 5.18. The molecule has 1 aromatic carbocycles. The summed E-state index contributed by atoms with van der Waals surface area (Å²) in [5, 5.41) is 4.46. The van der Waals surface area contributed by atoms with Gasteiger partial charge in [-0.15, -0.1) is 0 Å². The molecular formula is C14H15ClN2O2. The molecule has 1 atom stereocenters. The van der Waals surface area contributed by atoms with E-state index in [1.807, 2.05) is 32.0 Å². The first-order chi connectivity index (χ1) is 9.00. The molecule has 0 radical (unpaired) electrons. The molecule has 4 nitrogen and oxygen atoms in total. The second-order valence-electron chi connectivity index (χ2n) is 4.77. The molecule has 0 N–H and O–H groups in total. The predicted molar refractivity (Wildman–Crippen MR) is 73.0 cm³/mol. The van der Waals surface area contributed by atoms with E-state index in [1.54, 1.807) is 6.07 Å². The molecule has 1 aromatic heterocycles. The van der Waals surface area contributed by atoms with Crippen molar-refractivity contribution in [1.82, 2.24) is 10.1 Å². The summed E-state index contributed by atoms with van der Waals surface area (Å²) in [6.45, 7) is 5.43. The molecule has 1 unspecified atom stereocenters. The number of hydrogen-bond donors (Lipinski definition) is 0. The van der Waals surface area contributed by atoms with E-state index in [-0.39, 0.29) is 17.6 Å². The quantitative estimate of drug-likeness (QED) is 0.855. The van der Waals surface area contributed by atoms with Crippen molar-refractivity contribution < 1.29 is 9.32 Å². The number of aromatic nitrogens is 2. The maximum Gasteiger partial charge on any atom is 0.237 e. The normalized spacial score (nSPS) is 12.7. The second kappa shape index (κ2) is 5.53. The van der Waals surface area contributed by atoms with Crippen LogP contribution in [0.5, 0.6) is 0 Å². The fourth-order valence-electron chi connectivity index (χ4n) is 2.04. The first-order valence-electron chi connectivity index (χ1n) is 6.09. The molecule has 0 bridgehead atoms. The van der Waals surface area contributed by atoms with Crippen molar-refractivity contribution in [2.75, 3.05) is 0 Å². The smallest absolute Gasteiger partial charge is 0.237 e. The van der Waals surface area contributed by atoms with E-state index in [0.717, 1.165) is 0 Å². The highest BCUT2D eigenvalue weighted by Gasteiger charge is 2.27. The molecule has 100 valence electrons. The number of halogens is 1. The highest BCUT2D eigenvalue weighted by Crippen LogP contribution is 2.29. The molecule has 5 heteroatoms. The van der Waals surface area contributed by atoms with E-state index in [1.165, 1.54) is 6.92 Å². The minimum atomic E-state index is -0.372. The summed E-state index contributed by atoms with van der Waals surface area (Å²) in [5.41, 5.74) is 0.699. The van der Waals surface area contributed by atoms with Gasteiger partial charge in [-0.1, -0.05) is 42.7 Å². The summed E-state index contributed by atoms with van der Waals surface area (Å²) in [6, 6.07) is 7.26. The largest absolute Gasteiger partial charge is 0.338 e. The number of Topliss-reactive ketones (excluding diaryl/α,β-unsaturated/α-hetero) is 1. The Morgan fingerprint density at radius 3 is 2.58 bits per heavy atom. The third kappa shape index (κ3) is 2.84. The number of hydrogen-bond acceptors (Lipinski definition) is 4. The Labute approximate surface area is 116 Å². The van der Waals surface area contributed by atoms with E-state index >= 15 is 0 Å². The summed E-state index contributed by atoms with van der Waals surface area (Å²) < 4.78 is 5.22. The molecule has 0 aliphatic rings. The van der Waals surface area contributed by atoms with Crippen molar-refractivity contribution in [3.63, 3.8) is 0 Å². The minimum absolute atomic E-state index is 0.0179. The molecule has 2 rings (SSSR count). The maximum atomic E-state index is 11.6. The van der Waals surface area contributed by atoms with Gasteiger partial charge in [-0.25, -0.2) is 0 Å². The maximum absolute atomic E-state index is 11.6. The number of carbonyl (C=O) groups excluding carboxylic acids is 1. The summed E-state index contributed by atoms with van der Waals surface area (Å²) in [4.78, 5) is 15.9. The van der Waals surface area contributed by atoms with E-state index in [4.69, 9.17) is 16.1 Å². The van der Waals surface area contributed by atoms with Gasteiger partial charge in [0, 0.05) is 5.56 Å². The number of carbonyl (C=O) groups is 1. The van der Waals surface area contributed by atoms with Gasteiger partial charge >= 0.3 is 0 Å². The summed E-state index contributed by atoms with van der Waals surface area (Å²) in [5.74, 6) is 0.509. The molecule has 0 saturated carbocycles. The number of rotatable bonds is 4. The lowest BCUT2D eigenvalue weighted by Gasteiger charge is -2.12. The average Bonchev–Trinajstić information content (AvgIpc) is 2.77. The van der Waals surface area contributed by atoms with E-state index in [9.17, 15) is 4.79 Å². The predicted octanol–water partition coefficient (Wildman–Crippen LogP) is 3.72. The summed E-state index contributed by atoms with van der Waals surface area (Å²) in [7, 11) is 0. The first-order valence-corrected chi connectivity index (χ1v) is 6.47. The third-order valence-corrected chi connectivity index (χ3v) is 3.26. The molecule has 0 amide bonds. The van der Waals surface area contributed by atoms with Gasteiger partial charge in [-0.05, 0) is 25.0 Å². The van der Waals surface area contributed by atoms with Crippen LogP contribution in [-0.4, -0.2) is 15.9 Å². The van der Waals surface area contributed by atoms with Crippen LogP contribution in [0, 0.1) is 5.92 Å².